The Hall–Kier alpha value is -1.72. The fourth-order valence-electron chi connectivity index (χ4n) is 13.8. The van der Waals surface area contributed by atoms with Gasteiger partial charge in [-0.05, 0) is 109 Å². The van der Waals surface area contributed by atoms with Crippen LogP contribution in [0.2, 0.25) is 0 Å². The van der Waals surface area contributed by atoms with E-state index >= 15 is 0 Å². The lowest BCUT2D eigenvalue weighted by Crippen LogP contribution is -2.67. The topological polar surface area (TPSA) is 222 Å². The minimum Gasteiger partial charge on any atom is -0.481 e. The number of ether oxygens (including phenoxy) is 5. The van der Waals surface area contributed by atoms with Gasteiger partial charge in [-0.25, -0.2) is 4.79 Å². The van der Waals surface area contributed by atoms with Crippen LogP contribution in [0, 0.1) is 50.2 Å². The molecule has 0 amide bonds. The molecule has 14 nitrogen and oxygen atoms in total. The number of esters is 1. The lowest BCUT2D eigenvalue weighted by atomic mass is 9.33. The zero-order chi connectivity index (χ0) is 41.8. The van der Waals surface area contributed by atoms with Crippen LogP contribution in [0.15, 0.2) is 11.6 Å². The minimum absolute atomic E-state index is 0.0316. The molecule has 7 rings (SSSR count). The summed E-state index contributed by atoms with van der Waals surface area (Å²) in [5, 5.41) is 74.6. The van der Waals surface area contributed by atoms with Gasteiger partial charge in [0, 0.05) is 0 Å². The van der Waals surface area contributed by atoms with Gasteiger partial charge in [-0.15, -0.1) is 0 Å². The normalized spacial score (nSPS) is 51.6. The third-order valence-corrected chi connectivity index (χ3v) is 17.4. The van der Waals surface area contributed by atoms with Crippen LogP contribution in [0.4, 0.5) is 0 Å². The molecular formula is C43H68O14. The molecule has 2 aliphatic heterocycles. The molecule has 18 atom stereocenters. The zero-order valence-corrected chi connectivity index (χ0v) is 34.9. The van der Waals surface area contributed by atoms with Crippen molar-refractivity contribution in [2.75, 3.05) is 13.7 Å². The number of aliphatic carboxylic acids is 1. The second-order valence-corrected chi connectivity index (χ2v) is 20.9. The van der Waals surface area contributed by atoms with Crippen molar-refractivity contribution in [2.45, 2.75) is 180 Å². The van der Waals surface area contributed by atoms with Crippen LogP contribution in [0.3, 0.4) is 0 Å². The second-order valence-electron chi connectivity index (χ2n) is 20.9. The second kappa shape index (κ2) is 14.7. The van der Waals surface area contributed by atoms with Gasteiger partial charge < -0.3 is 59.4 Å². The molecule has 57 heavy (non-hydrogen) atoms. The molecule has 0 spiro atoms. The first-order valence-corrected chi connectivity index (χ1v) is 21.2. The van der Waals surface area contributed by atoms with E-state index in [1.54, 1.807) is 0 Å². The molecule has 0 radical (unpaired) electrons. The molecular weight excluding hydrogens is 740 g/mol. The average Bonchev–Trinajstić information content (AvgIpc) is 3.14. The van der Waals surface area contributed by atoms with Gasteiger partial charge in [0.15, 0.2) is 18.7 Å². The molecule has 5 aliphatic carbocycles. The van der Waals surface area contributed by atoms with E-state index in [9.17, 15) is 45.3 Å². The number of aliphatic hydroxyl groups is 6. The van der Waals surface area contributed by atoms with Crippen LogP contribution in [-0.4, -0.2) is 129 Å². The average molecular weight is 809 g/mol. The molecule has 0 aromatic heterocycles. The smallest absolute Gasteiger partial charge is 0.337 e. The summed E-state index contributed by atoms with van der Waals surface area (Å²) in [4.78, 5) is 26.0. The van der Waals surface area contributed by atoms with E-state index in [0.29, 0.717) is 18.8 Å². The highest BCUT2D eigenvalue weighted by molar-refractivity contribution is 5.77. The number of hydrogen-bond acceptors (Lipinski definition) is 13. The predicted molar refractivity (Wildman–Crippen MR) is 203 cm³/mol. The summed E-state index contributed by atoms with van der Waals surface area (Å²) in [5.41, 5.74) is 0.0788. The number of carboxylic acid groups (broad SMARTS) is 1. The first-order chi connectivity index (χ1) is 26.5. The van der Waals surface area contributed by atoms with E-state index in [4.69, 9.17) is 23.7 Å². The molecule has 14 heteroatoms. The van der Waals surface area contributed by atoms with Gasteiger partial charge in [0.25, 0.3) is 0 Å². The van der Waals surface area contributed by atoms with E-state index in [0.717, 1.165) is 58.5 Å². The van der Waals surface area contributed by atoms with Crippen molar-refractivity contribution < 1.29 is 69.0 Å². The molecule has 0 aromatic carbocycles. The molecule has 7 N–H and O–H groups in total. The maximum absolute atomic E-state index is 13.1. The van der Waals surface area contributed by atoms with Gasteiger partial charge in [-0.1, -0.05) is 60.1 Å². The van der Waals surface area contributed by atoms with Crippen molar-refractivity contribution in [2.24, 2.45) is 50.2 Å². The molecule has 7 aliphatic rings. The maximum Gasteiger partial charge on any atom is 0.337 e. The van der Waals surface area contributed by atoms with E-state index in [2.05, 4.69) is 54.5 Å². The quantitative estimate of drug-likeness (QED) is 0.112. The number of rotatable bonds is 7. The van der Waals surface area contributed by atoms with Crippen molar-refractivity contribution in [3.63, 3.8) is 0 Å². The highest BCUT2D eigenvalue weighted by Crippen LogP contribution is 2.76. The largest absolute Gasteiger partial charge is 0.481 e. The van der Waals surface area contributed by atoms with Crippen LogP contribution in [0.5, 0.6) is 0 Å². The molecule has 2 saturated heterocycles. The number of aliphatic hydroxyl groups excluding tert-OH is 6. The summed E-state index contributed by atoms with van der Waals surface area (Å²) in [5.74, 6) is -0.993. The van der Waals surface area contributed by atoms with Crippen LogP contribution in [0.25, 0.3) is 0 Å². The lowest BCUT2D eigenvalue weighted by Gasteiger charge is -2.71. The third kappa shape index (κ3) is 6.48. The van der Waals surface area contributed by atoms with E-state index in [1.807, 2.05) is 0 Å². The van der Waals surface area contributed by atoms with Crippen LogP contribution in [-0.2, 0) is 33.3 Å². The standard InChI is InChI=1S/C43H68O14/c1-38(2)15-17-43(37(51)52)18-16-41(6)21(22(43)19-38)9-10-25-40(5)13-12-26(39(3,4)24(40)11-14-42(25,41)7)55-36-31(49)32(30(48)33(57-36)34(50)53-8)56-35-29(47)28(46)27(45)23(20-44)54-35/h9,22-33,35-36,44-49H,10-20H2,1-8H3,(H,51,52)/t22-,23+,24-,25+,26-,27-,28-,29+,30-,31+,32-,33-,35-,36+,40-,41+,42+,43-/m0/s1. The Morgan fingerprint density at radius 1 is 0.772 bits per heavy atom. The number of allylic oxidation sites excluding steroid dienone is 2. The monoisotopic (exact) mass is 808 g/mol. The Morgan fingerprint density at radius 3 is 2.09 bits per heavy atom. The van der Waals surface area contributed by atoms with Crippen LogP contribution < -0.4 is 0 Å². The van der Waals surface area contributed by atoms with Gasteiger partial charge >= 0.3 is 11.9 Å². The van der Waals surface area contributed by atoms with E-state index in [-0.39, 0.29) is 33.5 Å². The third-order valence-electron chi connectivity index (χ3n) is 17.4. The highest BCUT2D eigenvalue weighted by Gasteiger charge is 2.70. The molecule has 2 heterocycles. The van der Waals surface area contributed by atoms with Gasteiger partial charge in [-0.2, -0.15) is 0 Å². The van der Waals surface area contributed by atoms with E-state index in [1.165, 1.54) is 5.57 Å². The Balaban J connectivity index is 1.13. The SMILES string of the molecule is COC(=O)[C@H]1O[C@@H](O[C@H]2CC[C@]3(C)[C@H]4CC=C5[C@@H]6CC(C)(C)CC[C@]6(C(=O)O)CC[C@@]5(C)[C@]4(C)CC[C@H]3C2(C)C)[C@H](O)[C@@H](O[C@@H]2O[C@H](CO)[C@H](O)[C@H](O)[C@H]2O)[C@@H]1O. The first-order valence-electron chi connectivity index (χ1n) is 21.2. The van der Waals surface area contributed by atoms with Crippen molar-refractivity contribution in [3.05, 3.63) is 11.6 Å². The Morgan fingerprint density at radius 2 is 1.44 bits per heavy atom. The van der Waals surface area contributed by atoms with Gasteiger partial charge in [0.05, 0.1) is 25.2 Å². The summed E-state index contributed by atoms with van der Waals surface area (Å²) in [6.07, 6.45) is -6.08. The predicted octanol–water partition coefficient (Wildman–Crippen LogP) is 3.06. The molecule has 0 aromatic rings. The van der Waals surface area contributed by atoms with Gasteiger partial charge in [-0.3, -0.25) is 4.79 Å². The summed E-state index contributed by atoms with van der Waals surface area (Å²) in [7, 11) is 1.13. The molecule has 0 bridgehead atoms. The van der Waals surface area contributed by atoms with Gasteiger partial charge in [0.2, 0.25) is 0 Å². The summed E-state index contributed by atoms with van der Waals surface area (Å²) >= 11 is 0. The Bertz CT molecular complexity index is 1580. The van der Waals surface area contributed by atoms with Gasteiger partial charge in [0.1, 0.15) is 42.7 Å². The fraction of sp³-hybridized carbons (Fsp3) is 0.907. The fourth-order valence-corrected chi connectivity index (χ4v) is 13.8. The molecule has 324 valence electrons. The first kappa shape index (κ1) is 43.4. The number of hydrogen-bond donors (Lipinski definition) is 7. The van der Waals surface area contributed by atoms with E-state index < -0.39 is 96.9 Å². The van der Waals surface area contributed by atoms with Crippen molar-refractivity contribution in [3.8, 4) is 0 Å². The zero-order valence-electron chi connectivity index (χ0n) is 34.9. The number of carbonyl (C=O) groups excluding carboxylic acids is 1. The van der Waals surface area contributed by atoms with Crippen molar-refractivity contribution >= 4 is 11.9 Å². The minimum atomic E-state index is -1.82. The number of fused-ring (bicyclic) bond motifs is 7. The van der Waals surface area contributed by atoms with Crippen LogP contribution >= 0.6 is 0 Å². The molecule has 6 fully saturated rings. The molecule has 0 unspecified atom stereocenters. The summed E-state index contributed by atoms with van der Waals surface area (Å²) in [6.45, 7) is 15.6. The molecule has 4 saturated carbocycles. The number of carbonyl (C=O) groups is 2. The van der Waals surface area contributed by atoms with Crippen molar-refractivity contribution in [1.29, 1.82) is 0 Å². The summed E-state index contributed by atoms with van der Waals surface area (Å²) < 4.78 is 28.9. The Kier molecular flexibility index (Phi) is 11.2. The lowest BCUT2D eigenvalue weighted by molar-refractivity contribution is -0.365. The number of carboxylic acids is 1. The summed E-state index contributed by atoms with van der Waals surface area (Å²) in [6, 6.07) is 0. The maximum atomic E-state index is 13.1. The Labute approximate surface area is 336 Å². The number of methoxy groups -OCH3 is 1. The van der Waals surface area contributed by atoms with Crippen molar-refractivity contribution in [1.82, 2.24) is 0 Å². The highest BCUT2D eigenvalue weighted by atomic mass is 16.7. The van der Waals surface area contributed by atoms with Crippen LogP contribution in [0.1, 0.15) is 113 Å².